The first-order valence-corrected chi connectivity index (χ1v) is 7.97. The predicted molar refractivity (Wildman–Crippen MR) is 85.0 cm³/mol. The second-order valence-corrected chi connectivity index (χ2v) is 6.34. The van der Waals surface area contributed by atoms with E-state index in [0.29, 0.717) is 30.1 Å². The Morgan fingerprint density at radius 2 is 1.75 bits per heavy atom. The molecule has 1 fully saturated rings. The third-order valence-corrected chi connectivity index (χ3v) is 4.83. The molecule has 1 aliphatic rings. The maximum absolute atomic E-state index is 6.03. The molecule has 0 spiro atoms. The van der Waals surface area contributed by atoms with Gasteiger partial charge in [0.2, 0.25) is 0 Å². The van der Waals surface area contributed by atoms with Crippen LogP contribution in [-0.4, -0.2) is 24.8 Å². The van der Waals surface area contributed by atoms with Crippen LogP contribution in [0.15, 0.2) is 24.3 Å². The summed E-state index contributed by atoms with van der Waals surface area (Å²) >= 11 is 0. The number of nitrogens with one attached hydrogen (secondary N) is 1. The number of aryl methyl sites for hydroxylation is 1. The summed E-state index contributed by atoms with van der Waals surface area (Å²) in [7, 11) is 0. The minimum Gasteiger partial charge on any atom is -0.375 e. The summed E-state index contributed by atoms with van der Waals surface area (Å²) in [6, 6.07) is 9.43. The van der Waals surface area contributed by atoms with Crippen LogP contribution in [0.25, 0.3) is 0 Å². The molecular formula is C18H29NO. The minimum absolute atomic E-state index is 0.342. The molecule has 0 amide bonds. The van der Waals surface area contributed by atoms with Gasteiger partial charge >= 0.3 is 0 Å². The van der Waals surface area contributed by atoms with Gasteiger partial charge in [-0.15, -0.1) is 0 Å². The van der Waals surface area contributed by atoms with E-state index in [0.717, 1.165) is 13.0 Å². The Balaban J connectivity index is 2.12. The van der Waals surface area contributed by atoms with Gasteiger partial charge in [-0.3, -0.25) is 0 Å². The zero-order valence-electron chi connectivity index (χ0n) is 13.5. The molecule has 0 bridgehead atoms. The fourth-order valence-electron chi connectivity index (χ4n) is 3.57. The monoisotopic (exact) mass is 275 g/mol. The Kier molecular flexibility index (Phi) is 5.22. The zero-order chi connectivity index (χ0) is 14.7. The summed E-state index contributed by atoms with van der Waals surface area (Å²) in [4.78, 5) is 0. The van der Waals surface area contributed by atoms with Gasteiger partial charge in [-0.2, -0.15) is 0 Å². The third kappa shape index (κ3) is 3.42. The maximum atomic E-state index is 6.03. The summed E-state index contributed by atoms with van der Waals surface area (Å²) in [6.07, 6.45) is 1.80. The molecule has 0 saturated carbocycles. The molecule has 1 aromatic rings. The highest BCUT2D eigenvalue weighted by Gasteiger charge is 2.41. The molecule has 0 radical (unpaired) electrons. The molecule has 20 heavy (non-hydrogen) atoms. The Morgan fingerprint density at radius 1 is 1.10 bits per heavy atom. The van der Waals surface area contributed by atoms with Crippen LogP contribution in [0.2, 0.25) is 0 Å². The van der Waals surface area contributed by atoms with Gasteiger partial charge in [0.15, 0.2) is 0 Å². The van der Waals surface area contributed by atoms with Gasteiger partial charge in [-0.05, 0) is 45.2 Å². The number of rotatable bonds is 5. The quantitative estimate of drug-likeness (QED) is 0.887. The number of ether oxygens (including phenoxy) is 1. The fourth-order valence-corrected chi connectivity index (χ4v) is 3.57. The molecule has 1 heterocycles. The zero-order valence-corrected chi connectivity index (χ0v) is 13.5. The smallest absolute Gasteiger partial charge is 0.0597 e. The Hall–Kier alpha value is -0.860. The molecular weight excluding hydrogens is 246 g/mol. The van der Waals surface area contributed by atoms with Crippen LogP contribution in [0.3, 0.4) is 0 Å². The largest absolute Gasteiger partial charge is 0.375 e. The lowest BCUT2D eigenvalue weighted by Crippen LogP contribution is -2.43. The van der Waals surface area contributed by atoms with E-state index in [1.165, 1.54) is 11.1 Å². The van der Waals surface area contributed by atoms with Gasteiger partial charge < -0.3 is 10.1 Å². The van der Waals surface area contributed by atoms with Crippen molar-refractivity contribution in [1.82, 2.24) is 5.32 Å². The van der Waals surface area contributed by atoms with Crippen molar-refractivity contribution in [1.29, 1.82) is 0 Å². The fraction of sp³-hybridized carbons (Fsp3) is 0.667. The van der Waals surface area contributed by atoms with Crippen molar-refractivity contribution in [2.75, 3.05) is 6.54 Å². The summed E-state index contributed by atoms with van der Waals surface area (Å²) in [5, 5.41) is 3.69. The van der Waals surface area contributed by atoms with Crippen molar-refractivity contribution in [3.05, 3.63) is 35.4 Å². The third-order valence-electron chi connectivity index (χ3n) is 4.83. The van der Waals surface area contributed by atoms with Crippen LogP contribution in [0.1, 0.15) is 38.8 Å². The standard InChI is InChI=1S/C18H29NO/c1-6-19-17(11-16-9-7-12(2)8-10-16)18-13(3)14(4)20-15(18)5/h7-10,13-15,17-19H,6,11H2,1-5H3. The lowest BCUT2D eigenvalue weighted by molar-refractivity contribution is 0.0476. The molecule has 1 aromatic carbocycles. The minimum atomic E-state index is 0.342. The van der Waals surface area contributed by atoms with E-state index >= 15 is 0 Å². The van der Waals surface area contributed by atoms with E-state index < -0.39 is 0 Å². The molecule has 1 N–H and O–H groups in total. The van der Waals surface area contributed by atoms with E-state index in [-0.39, 0.29) is 0 Å². The van der Waals surface area contributed by atoms with Gasteiger partial charge in [0.05, 0.1) is 12.2 Å². The molecule has 2 heteroatoms. The van der Waals surface area contributed by atoms with Gasteiger partial charge in [0.25, 0.3) is 0 Å². The van der Waals surface area contributed by atoms with Crippen LogP contribution in [0.4, 0.5) is 0 Å². The van der Waals surface area contributed by atoms with E-state index in [4.69, 9.17) is 4.74 Å². The molecule has 112 valence electrons. The molecule has 1 aliphatic heterocycles. The van der Waals surface area contributed by atoms with Crippen molar-refractivity contribution >= 4 is 0 Å². The molecule has 5 atom stereocenters. The summed E-state index contributed by atoms with van der Waals surface area (Å²) in [5.41, 5.74) is 2.74. The Labute approximate surface area is 123 Å². The van der Waals surface area contributed by atoms with Crippen molar-refractivity contribution < 1.29 is 4.74 Å². The van der Waals surface area contributed by atoms with Gasteiger partial charge in [-0.1, -0.05) is 43.7 Å². The van der Waals surface area contributed by atoms with Crippen molar-refractivity contribution in [2.45, 2.75) is 59.3 Å². The average molecular weight is 275 g/mol. The van der Waals surface area contributed by atoms with E-state index in [9.17, 15) is 0 Å². The lowest BCUT2D eigenvalue weighted by atomic mass is 9.81. The number of benzene rings is 1. The van der Waals surface area contributed by atoms with Gasteiger partial charge in [-0.25, -0.2) is 0 Å². The first kappa shape index (κ1) is 15.5. The van der Waals surface area contributed by atoms with E-state index in [1.807, 2.05) is 0 Å². The number of hydrogen-bond donors (Lipinski definition) is 1. The SMILES string of the molecule is CCNC(Cc1ccc(C)cc1)C1C(C)OC(C)C1C. The van der Waals surface area contributed by atoms with Gasteiger partial charge in [0, 0.05) is 12.0 Å². The highest BCUT2D eigenvalue weighted by Crippen LogP contribution is 2.35. The highest BCUT2D eigenvalue weighted by molar-refractivity contribution is 5.22. The highest BCUT2D eigenvalue weighted by atomic mass is 16.5. The Bertz CT molecular complexity index is 414. The van der Waals surface area contributed by atoms with Crippen molar-refractivity contribution in [3.8, 4) is 0 Å². The van der Waals surface area contributed by atoms with E-state index in [2.05, 4.69) is 64.2 Å². The van der Waals surface area contributed by atoms with Crippen molar-refractivity contribution in [3.63, 3.8) is 0 Å². The molecule has 0 aromatic heterocycles. The lowest BCUT2D eigenvalue weighted by Gasteiger charge is -2.30. The van der Waals surface area contributed by atoms with E-state index in [1.54, 1.807) is 0 Å². The molecule has 2 nitrogen and oxygen atoms in total. The molecule has 0 aliphatic carbocycles. The number of hydrogen-bond acceptors (Lipinski definition) is 2. The average Bonchev–Trinajstić information content (AvgIpc) is 2.66. The second kappa shape index (κ2) is 6.73. The topological polar surface area (TPSA) is 21.3 Å². The first-order chi connectivity index (χ1) is 9.52. The Morgan fingerprint density at radius 3 is 2.25 bits per heavy atom. The first-order valence-electron chi connectivity index (χ1n) is 7.97. The number of likely N-dealkylation sites (N-methyl/N-ethyl adjacent to an activating group) is 1. The molecule has 5 unspecified atom stereocenters. The molecule has 2 rings (SSSR count). The van der Waals surface area contributed by atoms with Crippen LogP contribution in [0, 0.1) is 18.8 Å². The summed E-state index contributed by atoms with van der Waals surface area (Å²) < 4.78 is 6.03. The second-order valence-electron chi connectivity index (χ2n) is 6.34. The summed E-state index contributed by atoms with van der Waals surface area (Å²) in [6.45, 7) is 12.1. The maximum Gasteiger partial charge on any atom is 0.0597 e. The normalized spacial score (nSPS) is 31.4. The van der Waals surface area contributed by atoms with Crippen LogP contribution < -0.4 is 5.32 Å². The van der Waals surface area contributed by atoms with Gasteiger partial charge in [0.1, 0.15) is 0 Å². The van der Waals surface area contributed by atoms with Crippen molar-refractivity contribution in [2.24, 2.45) is 11.8 Å². The molecule has 1 saturated heterocycles. The van der Waals surface area contributed by atoms with Crippen LogP contribution >= 0.6 is 0 Å². The van der Waals surface area contributed by atoms with Crippen LogP contribution in [-0.2, 0) is 11.2 Å². The van der Waals surface area contributed by atoms with Crippen LogP contribution in [0.5, 0.6) is 0 Å². The summed E-state index contributed by atoms with van der Waals surface area (Å²) in [5.74, 6) is 1.20. The predicted octanol–water partition coefficient (Wildman–Crippen LogP) is 3.58.